The summed E-state index contributed by atoms with van der Waals surface area (Å²) in [5.74, 6) is -0.340. The molecule has 1 N–H and O–H groups in total. The van der Waals surface area contributed by atoms with Gasteiger partial charge in [0.05, 0.1) is 6.04 Å². The van der Waals surface area contributed by atoms with Gasteiger partial charge in [-0.1, -0.05) is 15.9 Å². The third-order valence-corrected chi connectivity index (χ3v) is 4.02. The van der Waals surface area contributed by atoms with Gasteiger partial charge in [0.15, 0.2) is 0 Å². The normalized spacial score (nSPS) is 11.8. The molecule has 0 aliphatic heterocycles. The van der Waals surface area contributed by atoms with Crippen molar-refractivity contribution in [2.24, 2.45) is 0 Å². The zero-order valence-electron chi connectivity index (χ0n) is 12.4. The Labute approximate surface area is 137 Å². The van der Waals surface area contributed by atoms with Crippen LogP contribution in [0.3, 0.4) is 0 Å². The molecule has 1 aromatic heterocycles. The highest BCUT2D eigenvalue weighted by atomic mass is 79.9. The highest BCUT2D eigenvalue weighted by molar-refractivity contribution is 9.10. The maximum atomic E-state index is 13.7. The number of amides is 2. The smallest absolute Gasteiger partial charge is 0.317 e. The molecule has 0 saturated carbocycles. The van der Waals surface area contributed by atoms with Crippen molar-refractivity contribution in [3.63, 3.8) is 0 Å². The Morgan fingerprint density at radius 1 is 1.36 bits per heavy atom. The summed E-state index contributed by atoms with van der Waals surface area (Å²) in [6.07, 6.45) is 3.38. The highest BCUT2D eigenvalue weighted by Crippen LogP contribution is 2.18. The van der Waals surface area contributed by atoms with Crippen LogP contribution in [-0.2, 0) is 6.54 Å². The molecule has 0 fully saturated rings. The summed E-state index contributed by atoms with van der Waals surface area (Å²) < 4.78 is 14.4. The van der Waals surface area contributed by atoms with E-state index in [0.29, 0.717) is 5.56 Å². The summed E-state index contributed by atoms with van der Waals surface area (Å²) in [5.41, 5.74) is 1.42. The highest BCUT2D eigenvalue weighted by Gasteiger charge is 2.17. The minimum Gasteiger partial charge on any atom is -0.334 e. The third kappa shape index (κ3) is 4.04. The zero-order valence-corrected chi connectivity index (χ0v) is 14.0. The molecule has 0 spiro atoms. The first-order valence-corrected chi connectivity index (χ1v) is 7.63. The third-order valence-electron chi connectivity index (χ3n) is 3.53. The molecule has 22 heavy (non-hydrogen) atoms. The summed E-state index contributed by atoms with van der Waals surface area (Å²) in [6.45, 7) is 2.06. The van der Waals surface area contributed by atoms with E-state index >= 15 is 0 Å². The molecule has 2 aromatic rings. The number of urea groups is 1. The fraction of sp³-hybridized carbons (Fsp3) is 0.250. The van der Waals surface area contributed by atoms with Crippen LogP contribution in [0.5, 0.6) is 0 Å². The summed E-state index contributed by atoms with van der Waals surface area (Å²) >= 11 is 3.29. The molecule has 2 amide bonds. The lowest BCUT2D eigenvalue weighted by atomic mass is 10.1. The topological polar surface area (TPSA) is 45.2 Å². The lowest BCUT2D eigenvalue weighted by Gasteiger charge is -2.25. The maximum Gasteiger partial charge on any atom is 0.317 e. The van der Waals surface area contributed by atoms with Crippen molar-refractivity contribution in [1.29, 1.82) is 0 Å². The first-order valence-electron chi connectivity index (χ1n) is 6.83. The van der Waals surface area contributed by atoms with Crippen molar-refractivity contribution in [3.8, 4) is 0 Å². The molecular formula is C16H17BrFN3O. The molecular weight excluding hydrogens is 349 g/mol. The lowest BCUT2D eigenvalue weighted by molar-refractivity contribution is 0.194. The van der Waals surface area contributed by atoms with E-state index in [2.05, 4.69) is 26.2 Å². The Balaban J connectivity index is 1.98. The van der Waals surface area contributed by atoms with Crippen LogP contribution in [-0.4, -0.2) is 23.0 Å². The van der Waals surface area contributed by atoms with Gasteiger partial charge in [0, 0.05) is 36.0 Å². The van der Waals surface area contributed by atoms with Crippen molar-refractivity contribution < 1.29 is 9.18 Å². The number of pyridine rings is 1. The van der Waals surface area contributed by atoms with Gasteiger partial charge in [-0.05, 0) is 42.8 Å². The van der Waals surface area contributed by atoms with Crippen molar-refractivity contribution in [2.75, 3.05) is 7.05 Å². The van der Waals surface area contributed by atoms with Gasteiger partial charge in [-0.25, -0.2) is 9.18 Å². The minimum atomic E-state index is -0.340. The van der Waals surface area contributed by atoms with E-state index in [1.807, 2.05) is 19.1 Å². The van der Waals surface area contributed by atoms with Crippen LogP contribution >= 0.6 is 15.9 Å². The second-order valence-corrected chi connectivity index (χ2v) is 5.88. The molecule has 0 aliphatic carbocycles. The lowest BCUT2D eigenvalue weighted by Crippen LogP contribution is -2.38. The number of hydrogen-bond acceptors (Lipinski definition) is 2. The molecule has 0 radical (unpaired) electrons. The van der Waals surface area contributed by atoms with Crippen molar-refractivity contribution >= 4 is 22.0 Å². The van der Waals surface area contributed by atoms with Crippen molar-refractivity contribution in [3.05, 3.63) is 64.1 Å². The Kier molecular flexibility index (Phi) is 5.49. The first-order chi connectivity index (χ1) is 10.5. The predicted molar refractivity (Wildman–Crippen MR) is 86.8 cm³/mol. The summed E-state index contributed by atoms with van der Waals surface area (Å²) in [4.78, 5) is 17.7. The Hall–Kier alpha value is -1.95. The van der Waals surface area contributed by atoms with Crippen LogP contribution in [0.25, 0.3) is 0 Å². The average molecular weight is 366 g/mol. The molecule has 1 aromatic carbocycles. The van der Waals surface area contributed by atoms with Crippen LogP contribution in [0, 0.1) is 5.82 Å². The van der Waals surface area contributed by atoms with Gasteiger partial charge >= 0.3 is 6.03 Å². The van der Waals surface area contributed by atoms with Crippen LogP contribution in [0.1, 0.15) is 24.1 Å². The number of nitrogens with one attached hydrogen (secondary N) is 1. The van der Waals surface area contributed by atoms with E-state index in [1.54, 1.807) is 36.5 Å². The largest absolute Gasteiger partial charge is 0.334 e. The SMILES string of the molecule is CC(c1ccncc1)N(C)C(=O)NCc1cc(Br)ccc1F. The second-order valence-electron chi connectivity index (χ2n) is 4.96. The quantitative estimate of drug-likeness (QED) is 0.893. The summed E-state index contributed by atoms with van der Waals surface area (Å²) in [5, 5.41) is 2.73. The van der Waals surface area contributed by atoms with Gasteiger partial charge in [0.2, 0.25) is 0 Å². The monoisotopic (exact) mass is 365 g/mol. The van der Waals surface area contributed by atoms with E-state index in [9.17, 15) is 9.18 Å². The van der Waals surface area contributed by atoms with E-state index < -0.39 is 0 Å². The Morgan fingerprint density at radius 2 is 2.05 bits per heavy atom. The zero-order chi connectivity index (χ0) is 16.1. The molecule has 2 rings (SSSR count). The molecule has 1 heterocycles. The standard InChI is InChI=1S/C16H17BrFN3O/c1-11(12-5-7-19-8-6-12)21(2)16(22)20-10-13-9-14(17)3-4-15(13)18/h3-9,11H,10H2,1-2H3,(H,20,22). The van der Waals surface area contributed by atoms with Crippen LogP contribution < -0.4 is 5.32 Å². The predicted octanol–water partition coefficient (Wildman–Crippen LogP) is 3.89. The minimum absolute atomic E-state index is 0.102. The van der Waals surface area contributed by atoms with Gasteiger partial charge in [-0.15, -0.1) is 0 Å². The Morgan fingerprint density at radius 3 is 2.73 bits per heavy atom. The molecule has 116 valence electrons. The Bertz CT molecular complexity index is 651. The van der Waals surface area contributed by atoms with Crippen LogP contribution in [0.15, 0.2) is 47.2 Å². The van der Waals surface area contributed by atoms with Gasteiger partial charge in [-0.2, -0.15) is 0 Å². The number of aromatic nitrogens is 1. The van der Waals surface area contributed by atoms with Crippen LogP contribution in [0.4, 0.5) is 9.18 Å². The summed E-state index contributed by atoms with van der Waals surface area (Å²) in [6, 6.07) is 8.01. The maximum absolute atomic E-state index is 13.7. The van der Waals surface area contributed by atoms with E-state index in [0.717, 1.165) is 10.0 Å². The van der Waals surface area contributed by atoms with Gasteiger partial charge in [0.1, 0.15) is 5.82 Å². The van der Waals surface area contributed by atoms with Gasteiger partial charge in [0.25, 0.3) is 0 Å². The average Bonchev–Trinajstić information content (AvgIpc) is 2.54. The van der Waals surface area contributed by atoms with Gasteiger partial charge < -0.3 is 10.2 Å². The van der Waals surface area contributed by atoms with E-state index in [1.165, 1.54) is 6.07 Å². The van der Waals surface area contributed by atoms with Crippen LogP contribution in [0.2, 0.25) is 0 Å². The van der Waals surface area contributed by atoms with Crippen molar-refractivity contribution in [1.82, 2.24) is 15.2 Å². The number of rotatable bonds is 4. The molecule has 0 aliphatic rings. The molecule has 0 bridgehead atoms. The second kappa shape index (κ2) is 7.35. The number of carbonyl (C=O) groups excluding carboxylic acids is 1. The first kappa shape index (κ1) is 16.4. The van der Waals surface area contributed by atoms with E-state index in [4.69, 9.17) is 0 Å². The fourth-order valence-corrected chi connectivity index (χ4v) is 2.42. The number of nitrogens with zero attached hydrogens (tertiary/aromatic N) is 2. The molecule has 1 atom stereocenters. The fourth-order valence-electron chi connectivity index (χ4n) is 2.02. The molecule has 1 unspecified atom stereocenters. The number of hydrogen-bond donors (Lipinski definition) is 1. The molecule has 0 saturated heterocycles. The molecule has 4 nitrogen and oxygen atoms in total. The number of halogens is 2. The van der Waals surface area contributed by atoms with E-state index in [-0.39, 0.29) is 24.4 Å². The number of benzene rings is 1. The number of carbonyl (C=O) groups is 1. The van der Waals surface area contributed by atoms with Gasteiger partial charge in [-0.3, -0.25) is 4.98 Å². The van der Waals surface area contributed by atoms with Crippen molar-refractivity contribution in [2.45, 2.75) is 19.5 Å². The molecule has 6 heteroatoms. The summed E-state index contributed by atoms with van der Waals surface area (Å²) in [7, 11) is 1.71.